The van der Waals surface area contributed by atoms with Gasteiger partial charge in [-0.05, 0) is 59.5 Å². The van der Waals surface area contributed by atoms with Gasteiger partial charge in [-0.1, -0.05) is 0 Å². The minimum atomic E-state index is 0.185. The van der Waals surface area contributed by atoms with Gasteiger partial charge in [0.05, 0.1) is 0 Å². The first kappa shape index (κ1) is 14.9. The van der Waals surface area contributed by atoms with Crippen LogP contribution in [0, 0.1) is 0 Å². The molecule has 2 N–H and O–H groups in total. The highest BCUT2D eigenvalue weighted by molar-refractivity contribution is 4.75. The molecule has 0 rings (SSSR count). The minimum absolute atomic E-state index is 0.185. The van der Waals surface area contributed by atoms with Crippen LogP contribution in [0.4, 0.5) is 0 Å². The van der Waals surface area contributed by atoms with E-state index in [9.17, 15) is 0 Å². The Hall–Kier alpha value is -0.120. The summed E-state index contributed by atoms with van der Waals surface area (Å²) in [5.41, 5.74) is 0.185. The van der Waals surface area contributed by atoms with Crippen molar-refractivity contribution in [3.63, 3.8) is 0 Å². The van der Waals surface area contributed by atoms with Crippen molar-refractivity contribution < 1.29 is 10.2 Å². The highest BCUT2D eigenvalue weighted by atomic mass is 16.3. The second kappa shape index (κ2) is 8.08. The van der Waals surface area contributed by atoms with Crippen LogP contribution in [0.25, 0.3) is 0 Å². The molecule has 0 aromatic carbocycles. The molecule has 0 aliphatic rings. The molecule has 0 aliphatic carbocycles. The van der Waals surface area contributed by atoms with E-state index in [4.69, 9.17) is 10.2 Å². The lowest BCUT2D eigenvalue weighted by Crippen LogP contribution is -2.42. The second-order valence-electron chi connectivity index (χ2n) is 5.02. The molecular formula is C12H27NO2. The van der Waals surface area contributed by atoms with Crippen molar-refractivity contribution in [2.75, 3.05) is 26.3 Å². The Balaban J connectivity index is 3.85. The van der Waals surface area contributed by atoms with Gasteiger partial charge in [-0.25, -0.2) is 0 Å². The largest absolute Gasteiger partial charge is 0.396 e. The summed E-state index contributed by atoms with van der Waals surface area (Å²) in [6.07, 6.45) is 3.86. The van der Waals surface area contributed by atoms with E-state index in [0.29, 0.717) is 0 Å². The molecular weight excluding hydrogens is 190 g/mol. The SMILES string of the molecule is CC(C)(C)N(CCCCO)CCCCO. The molecule has 0 saturated heterocycles. The standard InChI is InChI=1S/C12H27NO2/c1-12(2,3)13(8-4-6-10-14)9-5-7-11-15/h14-15H,4-11H2,1-3H3. The normalized spacial score (nSPS) is 12.4. The van der Waals surface area contributed by atoms with E-state index in [1.165, 1.54) is 0 Å². The quantitative estimate of drug-likeness (QED) is 0.607. The molecule has 0 spiro atoms. The van der Waals surface area contributed by atoms with Crippen LogP contribution in [-0.4, -0.2) is 47.0 Å². The zero-order valence-corrected chi connectivity index (χ0v) is 10.5. The van der Waals surface area contributed by atoms with Crippen molar-refractivity contribution in [1.29, 1.82) is 0 Å². The fourth-order valence-electron chi connectivity index (χ4n) is 1.61. The summed E-state index contributed by atoms with van der Waals surface area (Å²) in [7, 11) is 0. The second-order valence-corrected chi connectivity index (χ2v) is 5.02. The number of aliphatic hydroxyl groups excluding tert-OH is 2. The zero-order chi connectivity index (χ0) is 11.7. The minimum Gasteiger partial charge on any atom is -0.396 e. The van der Waals surface area contributed by atoms with E-state index in [-0.39, 0.29) is 18.8 Å². The van der Waals surface area contributed by atoms with Gasteiger partial charge in [0.2, 0.25) is 0 Å². The highest BCUT2D eigenvalue weighted by Crippen LogP contribution is 2.15. The van der Waals surface area contributed by atoms with Crippen LogP contribution in [0.1, 0.15) is 46.5 Å². The van der Waals surface area contributed by atoms with Gasteiger partial charge in [0, 0.05) is 18.8 Å². The fraction of sp³-hybridized carbons (Fsp3) is 1.00. The van der Waals surface area contributed by atoms with Crippen LogP contribution in [0.15, 0.2) is 0 Å². The predicted molar refractivity (Wildman–Crippen MR) is 64.0 cm³/mol. The number of hydrogen-bond donors (Lipinski definition) is 2. The average Bonchev–Trinajstić information content (AvgIpc) is 2.14. The predicted octanol–water partition coefficient (Wildman–Crippen LogP) is 1.63. The van der Waals surface area contributed by atoms with Crippen molar-refractivity contribution in [2.45, 2.75) is 52.0 Å². The van der Waals surface area contributed by atoms with Crippen molar-refractivity contribution in [1.82, 2.24) is 4.90 Å². The summed E-state index contributed by atoms with van der Waals surface area (Å²) < 4.78 is 0. The van der Waals surface area contributed by atoms with Gasteiger partial charge in [-0.15, -0.1) is 0 Å². The first-order valence-electron chi connectivity index (χ1n) is 5.99. The van der Waals surface area contributed by atoms with Crippen LogP contribution in [-0.2, 0) is 0 Å². The van der Waals surface area contributed by atoms with Crippen LogP contribution < -0.4 is 0 Å². The van der Waals surface area contributed by atoms with Gasteiger partial charge in [-0.2, -0.15) is 0 Å². The van der Waals surface area contributed by atoms with Crippen LogP contribution in [0.2, 0.25) is 0 Å². The van der Waals surface area contributed by atoms with Crippen molar-refractivity contribution >= 4 is 0 Å². The Morgan fingerprint density at radius 1 is 0.800 bits per heavy atom. The third-order valence-corrected chi connectivity index (χ3v) is 2.62. The van der Waals surface area contributed by atoms with Gasteiger partial charge in [0.15, 0.2) is 0 Å². The van der Waals surface area contributed by atoms with Gasteiger partial charge in [-0.3, -0.25) is 4.90 Å². The summed E-state index contributed by atoms with van der Waals surface area (Å²) in [6, 6.07) is 0. The Morgan fingerprint density at radius 2 is 1.20 bits per heavy atom. The van der Waals surface area contributed by atoms with Gasteiger partial charge in [0.25, 0.3) is 0 Å². The number of aliphatic hydroxyl groups is 2. The highest BCUT2D eigenvalue weighted by Gasteiger charge is 2.19. The van der Waals surface area contributed by atoms with Crippen LogP contribution >= 0.6 is 0 Å². The Bertz CT molecular complexity index is 133. The molecule has 15 heavy (non-hydrogen) atoms. The summed E-state index contributed by atoms with van der Waals surface area (Å²) in [6.45, 7) is 9.29. The Labute approximate surface area is 94.1 Å². The van der Waals surface area contributed by atoms with E-state index in [0.717, 1.165) is 38.8 Å². The summed E-state index contributed by atoms with van der Waals surface area (Å²) in [5, 5.41) is 17.5. The van der Waals surface area contributed by atoms with Crippen LogP contribution in [0.5, 0.6) is 0 Å². The van der Waals surface area contributed by atoms with E-state index < -0.39 is 0 Å². The molecule has 0 amide bonds. The molecule has 92 valence electrons. The van der Waals surface area contributed by atoms with E-state index in [1.54, 1.807) is 0 Å². The molecule has 0 atom stereocenters. The van der Waals surface area contributed by atoms with Gasteiger partial charge >= 0.3 is 0 Å². The molecule has 0 fully saturated rings. The lowest BCUT2D eigenvalue weighted by Gasteiger charge is -2.35. The third-order valence-electron chi connectivity index (χ3n) is 2.62. The maximum absolute atomic E-state index is 8.74. The Morgan fingerprint density at radius 3 is 1.47 bits per heavy atom. The van der Waals surface area contributed by atoms with Crippen LogP contribution in [0.3, 0.4) is 0 Å². The first-order valence-corrected chi connectivity index (χ1v) is 5.99. The molecule has 0 bridgehead atoms. The van der Waals surface area contributed by atoms with Crippen molar-refractivity contribution in [2.24, 2.45) is 0 Å². The molecule has 3 nitrogen and oxygen atoms in total. The van der Waals surface area contributed by atoms with Crippen molar-refractivity contribution in [3.05, 3.63) is 0 Å². The Kier molecular flexibility index (Phi) is 8.02. The summed E-state index contributed by atoms with van der Waals surface area (Å²) in [5.74, 6) is 0. The number of rotatable bonds is 8. The number of nitrogens with zero attached hydrogens (tertiary/aromatic N) is 1. The fourth-order valence-corrected chi connectivity index (χ4v) is 1.61. The summed E-state index contributed by atoms with van der Waals surface area (Å²) in [4.78, 5) is 2.43. The smallest absolute Gasteiger partial charge is 0.0431 e. The molecule has 0 saturated carbocycles. The lowest BCUT2D eigenvalue weighted by atomic mass is 10.0. The molecule has 0 aliphatic heterocycles. The number of hydrogen-bond acceptors (Lipinski definition) is 3. The third kappa shape index (κ3) is 7.77. The molecule has 0 aromatic rings. The molecule has 0 radical (unpaired) electrons. The van der Waals surface area contributed by atoms with Crippen molar-refractivity contribution in [3.8, 4) is 0 Å². The van der Waals surface area contributed by atoms with E-state index >= 15 is 0 Å². The van der Waals surface area contributed by atoms with Gasteiger partial charge < -0.3 is 10.2 Å². The van der Waals surface area contributed by atoms with E-state index in [2.05, 4.69) is 25.7 Å². The molecule has 0 aromatic heterocycles. The maximum Gasteiger partial charge on any atom is 0.0431 e. The zero-order valence-electron chi connectivity index (χ0n) is 10.5. The molecule has 3 heteroatoms. The van der Waals surface area contributed by atoms with Gasteiger partial charge in [0.1, 0.15) is 0 Å². The molecule has 0 heterocycles. The monoisotopic (exact) mass is 217 g/mol. The van der Waals surface area contributed by atoms with E-state index in [1.807, 2.05) is 0 Å². The summed E-state index contributed by atoms with van der Waals surface area (Å²) >= 11 is 0. The first-order chi connectivity index (χ1) is 7.02. The molecule has 0 unspecified atom stereocenters. The lowest BCUT2D eigenvalue weighted by molar-refractivity contribution is 0.124. The maximum atomic E-state index is 8.74. The average molecular weight is 217 g/mol. The topological polar surface area (TPSA) is 43.7 Å². The number of unbranched alkanes of at least 4 members (excludes halogenated alkanes) is 2.